The van der Waals surface area contributed by atoms with Gasteiger partial charge in [0.15, 0.2) is 6.61 Å². The smallest absolute Gasteiger partial charge is 0.340 e. The third kappa shape index (κ3) is 5.20. The molecular weight excluding hydrogens is 346 g/mol. The Bertz CT molecular complexity index is 869. The number of esters is 1. The number of hydrogen-bond donors (Lipinski definition) is 3. The number of ether oxygens (including phenoxy) is 1. The van der Waals surface area contributed by atoms with Crippen LogP contribution in [0, 0.1) is 0 Å². The molecule has 1 aliphatic rings. The zero-order valence-corrected chi connectivity index (χ0v) is 15.0. The van der Waals surface area contributed by atoms with Gasteiger partial charge in [0, 0.05) is 23.6 Å². The zero-order chi connectivity index (χ0) is 19.1. The number of benzene rings is 1. The Balaban J connectivity index is 1.39. The summed E-state index contributed by atoms with van der Waals surface area (Å²) in [5.41, 5.74) is 2.51. The fourth-order valence-corrected chi connectivity index (χ4v) is 3.12. The molecule has 1 aliphatic carbocycles. The van der Waals surface area contributed by atoms with Gasteiger partial charge in [-0.25, -0.2) is 9.59 Å². The molecule has 3 amide bonds. The maximum absolute atomic E-state index is 12.1. The predicted molar refractivity (Wildman–Crippen MR) is 101 cm³/mol. The average molecular weight is 369 g/mol. The lowest BCUT2D eigenvalue weighted by Gasteiger charge is -2.13. The maximum Gasteiger partial charge on any atom is 0.340 e. The summed E-state index contributed by atoms with van der Waals surface area (Å²) in [5.74, 6) is -1.29. The van der Waals surface area contributed by atoms with Crippen LogP contribution < -0.4 is 10.6 Å². The van der Waals surface area contributed by atoms with E-state index in [9.17, 15) is 14.4 Å². The number of urea groups is 1. The van der Waals surface area contributed by atoms with Crippen molar-refractivity contribution in [3.05, 3.63) is 47.7 Å². The zero-order valence-electron chi connectivity index (χ0n) is 15.0. The van der Waals surface area contributed by atoms with Gasteiger partial charge in [-0.3, -0.25) is 10.1 Å². The molecule has 142 valence electrons. The third-order valence-corrected chi connectivity index (χ3v) is 4.51. The number of carbonyl (C=O) groups excluding carboxylic acids is 3. The topological polar surface area (TPSA) is 100 Å². The second-order valence-electron chi connectivity index (χ2n) is 6.49. The van der Waals surface area contributed by atoms with Crippen molar-refractivity contribution in [3.8, 4) is 0 Å². The van der Waals surface area contributed by atoms with Crippen molar-refractivity contribution in [2.24, 2.45) is 0 Å². The first kappa shape index (κ1) is 18.7. The van der Waals surface area contributed by atoms with Crippen LogP contribution in [0.2, 0.25) is 0 Å². The Morgan fingerprint density at radius 2 is 2.00 bits per heavy atom. The lowest BCUT2D eigenvalue weighted by atomic mass is 9.97. The highest BCUT2D eigenvalue weighted by atomic mass is 16.5. The van der Waals surface area contributed by atoms with E-state index in [4.69, 9.17) is 4.74 Å². The molecule has 0 unspecified atom stereocenters. The molecule has 0 fully saturated rings. The largest absolute Gasteiger partial charge is 0.452 e. The summed E-state index contributed by atoms with van der Waals surface area (Å²) in [7, 11) is 0. The van der Waals surface area contributed by atoms with Crippen LogP contribution in [0.1, 0.15) is 42.5 Å². The molecule has 0 bridgehead atoms. The molecule has 7 heteroatoms. The number of rotatable bonds is 6. The Morgan fingerprint density at radius 3 is 2.81 bits per heavy atom. The lowest BCUT2D eigenvalue weighted by molar-refractivity contribution is -0.123. The molecule has 1 heterocycles. The Hall–Kier alpha value is -3.09. The lowest BCUT2D eigenvalue weighted by Crippen LogP contribution is -2.41. The summed E-state index contributed by atoms with van der Waals surface area (Å²) in [6.07, 6.45) is 9.14. The van der Waals surface area contributed by atoms with Gasteiger partial charge in [-0.2, -0.15) is 0 Å². The van der Waals surface area contributed by atoms with Crippen LogP contribution in [0.25, 0.3) is 10.9 Å². The molecule has 3 N–H and O–H groups in total. The normalized spacial score (nSPS) is 13.7. The van der Waals surface area contributed by atoms with E-state index in [0.717, 1.165) is 30.2 Å². The van der Waals surface area contributed by atoms with Gasteiger partial charge in [-0.1, -0.05) is 29.8 Å². The summed E-state index contributed by atoms with van der Waals surface area (Å²) in [6.45, 7) is -0.0447. The molecule has 1 aromatic heterocycles. The standard InChI is InChI=1S/C20H23N3O4/c24-18(23-20(26)21-11-10-14-6-2-1-3-7-14)13-27-19(25)16-12-22-17-9-5-4-8-15(16)17/h4-6,8-9,12,22H,1-3,7,10-11,13H2,(H2,21,23,24,26). The molecule has 0 aliphatic heterocycles. The fourth-order valence-electron chi connectivity index (χ4n) is 3.12. The van der Waals surface area contributed by atoms with E-state index in [-0.39, 0.29) is 0 Å². The molecule has 1 aromatic carbocycles. The second-order valence-corrected chi connectivity index (χ2v) is 6.49. The molecule has 7 nitrogen and oxygen atoms in total. The van der Waals surface area contributed by atoms with E-state index in [2.05, 4.69) is 21.7 Å². The van der Waals surface area contributed by atoms with Gasteiger partial charge in [-0.05, 0) is 38.2 Å². The van der Waals surface area contributed by atoms with Crippen LogP contribution in [0.4, 0.5) is 4.79 Å². The van der Waals surface area contributed by atoms with Crippen LogP contribution >= 0.6 is 0 Å². The number of carbonyl (C=O) groups is 3. The Morgan fingerprint density at radius 1 is 1.15 bits per heavy atom. The summed E-state index contributed by atoms with van der Waals surface area (Å²) in [5, 5.41) is 5.53. The van der Waals surface area contributed by atoms with Gasteiger partial charge in [0.2, 0.25) is 0 Å². The predicted octanol–water partition coefficient (Wildman–Crippen LogP) is 3.04. The minimum Gasteiger partial charge on any atom is -0.452 e. The van der Waals surface area contributed by atoms with Crippen molar-refractivity contribution in [2.75, 3.05) is 13.2 Å². The van der Waals surface area contributed by atoms with E-state index >= 15 is 0 Å². The molecule has 0 radical (unpaired) electrons. The number of para-hydroxylation sites is 1. The number of allylic oxidation sites excluding steroid dienone is 1. The van der Waals surface area contributed by atoms with Crippen LogP contribution in [0.3, 0.4) is 0 Å². The van der Waals surface area contributed by atoms with Gasteiger partial charge in [0.1, 0.15) is 0 Å². The molecule has 0 saturated carbocycles. The molecule has 3 rings (SSSR count). The molecule has 0 atom stereocenters. The second kappa shape index (κ2) is 9.02. The first-order chi connectivity index (χ1) is 13.1. The quantitative estimate of drug-likeness (QED) is 0.538. The number of hydrogen-bond acceptors (Lipinski definition) is 4. The van der Waals surface area contributed by atoms with Crippen LogP contribution in [-0.4, -0.2) is 36.0 Å². The minimum absolute atomic E-state index is 0.351. The van der Waals surface area contributed by atoms with Crippen LogP contribution in [0.15, 0.2) is 42.1 Å². The highest BCUT2D eigenvalue weighted by Gasteiger charge is 2.15. The van der Waals surface area contributed by atoms with E-state index < -0.39 is 24.5 Å². The maximum atomic E-state index is 12.1. The van der Waals surface area contributed by atoms with Gasteiger partial charge in [0.25, 0.3) is 5.91 Å². The van der Waals surface area contributed by atoms with Crippen molar-refractivity contribution < 1.29 is 19.1 Å². The van der Waals surface area contributed by atoms with E-state index in [1.54, 1.807) is 6.07 Å². The van der Waals surface area contributed by atoms with Crippen molar-refractivity contribution in [3.63, 3.8) is 0 Å². The van der Waals surface area contributed by atoms with Gasteiger partial charge in [-0.15, -0.1) is 0 Å². The number of nitrogens with one attached hydrogen (secondary N) is 3. The van der Waals surface area contributed by atoms with E-state index in [0.29, 0.717) is 12.1 Å². The number of H-pyrrole nitrogens is 1. The fraction of sp³-hybridized carbons (Fsp3) is 0.350. The SMILES string of the molecule is O=C(COC(=O)c1c[nH]c2ccccc12)NC(=O)NCCC1=CCCCC1. The molecule has 27 heavy (non-hydrogen) atoms. The third-order valence-electron chi connectivity index (χ3n) is 4.51. The average Bonchev–Trinajstić information content (AvgIpc) is 3.11. The summed E-state index contributed by atoms with van der Waals surface area (Å²) < 4.78 is 5.00. The van der Waals surface area contributed by atoms with Crippen LogP contribution in [-0.2, 0) is 9.53 Å². The molecule has 2 aromatic rings. The number of fused-ring (bicyclic) bond motifs is 1. The van der Waals surface area contributed by atoms with E-state index in [1.807, 2.05) is 18.2 Å². The van der Waals surface area contributed by atoms with E-state index in [1.165, 1.54) is 24.6 Å². The highest BCUT2D eigenvalue weighted by Crippen LogP contribution is 2.19. The summed E-state index contributed by atoms with van der Waals surface area (Å²) >= 11 is 0. The van der Waals surface area contributed by atoms with Crippen molar-refractivity contribution >= 4 is 28.8 Å². The monoisotopic (exact) mass is 369 g/mol. The highest BCUT2D eigenvalue weighted by molar-refractivity contribution is 6.05. The molecular formula is C20H23N3O4. The molecule has 0 spiro atoms. The number of amides is 3. The summed E-state index contributed by atoms with van der Waals surface area (Å²) in [6, 6.07) is 6.71. The number of imide groups is 1. The van der Waals surface area contributed by atoms with Gasteiger partial charge >= 0.3 is 12.0 Å². The Labute approximate surface area is 157 Å². The number of aromatic amines is 1. The van der Waals surface area contributed by atoms with Crippen LogP contribution in [0.5, 0.6) is 0 Å². The summed E-state index contributed by atoms with van der Waals surface area (Å²) in [4.78, 5) is 38.6. The minimum atomic E-state index is -0.669. The number of aromatic nitrogens is 1. The first-order valence-corrected chi connectivity index (χ1v) is 9.12. The Kier molecular flexibility index (Phi) is 6.25. The van der Waals surface area contributed by atoms with Crippen molar-refractivity contribution in [1.82, 2.24) is 15.6 Å². The first-order valence-electron chi connectivity index (χ1n) is 9.12. The van der Waals surface area contributed by atoms with Gasteiger partial charge in [0.05, 0.1) is 5.56 Å². The van der Waals surface area contributed by atoms with Crippen molar-refractivity contribution in [2.45, 2.75) is 32.1 Å². The molecule has 0 saturated heterocycles. The van der Waals surface area contributed by atoms with Gasteiger partial charge < -0.3 is 15.0 Å². The van der Waals surface area contributed by atoms with Crippen molar-refractivity contribution in [1.29, 1.82) is 0 Å².